The van der Waals surface area contributed by atoms with Crippen molar-refractivity contribution in [1.82, 2.24) is 0 Å². The molecule has 2 heteroatoms. The molecule has 1 unspecified atom stereocenters. The second-order valence-corrected chi connectivity index (χ2v) is 2.71. The molecule has 0 aliphatic heterocycles. The molecule has 0 saturated carbocycles. The van der Waals surface area contributed by atoms with Crippen LogP contribution in [0.1, 0.15) is 39.5 Å². The minimum atomic E-state index is 0. The molecule has 0 spiro atoms. The first-order valence-electron chi connectivity index (χ1n) is 4.14. The summed E-state index contributed by atoms with van der Waals surface area (Å²) in [6, 6.07) is 0. The van der Waals surface area contributed by atoms with E-state index < -0.39 is 0 Å². The molecule has 10 heavy (non-hydrogen) atoms. The largest absolute Gasteiger partial charge is 1.00 e. The molecule has 3 N–H and O–H groups in total. The van der Waals surface area contributed by atoms with Gasteiger partial charge in [0.15, 0.2) is 0 Å². The molecule has 1 nitrogen and oxygen atoms in total. The first-order chi connectivity index (χ1) is 4.35. The van der Waals surface area contributed by atoms with Crippen molar-refractivity contribution in [3.8, 4) is 0 Å². The molecule has 64 valence electrons. The van der Waals surface area contributed by atoms with Gasteiger partial charge < -0.3 is 22.7 Å². The van der Waals surface area contributed by atoms with E-state index in [1.54, 1.807) is 0 Å². The number of quaternary nitrogens is 1. The third kappa shape index (κ3) is 6.56. The molecule has 0 rings (SSSR count). The first-order valence-corrected chi connectivity index (χ1v) is 4.14. The summed E-state index contributed by atoms with van der Waals surface area (Å²) in [7, 11) is 0. The zero-order chi connectivity index (χ0) is 7.11. The second-order valence-electron chi connectivity index (χ2n) is 2.71. The average molecular weight is 210 g/mol. The molecule has 0 fully saturated rings. The summed E-state index contributed by atoms with van der Waals surface area (Å²) < 4.78 is 0. The Hall–Kier alpha value is 0.440. The van der Waals surface area contributed by atoms with Crippen LogP contribution in [0.5, 0.6) is 0 Å². The van der Waals surface area contributed by atoms with Crippen molar-refractivity contribution in [2.75, 3.05) is 6.54 Å². The van der Waals surface area contributed by atoms with Gasteiger partial charge >= 0.3 is 0 Å². The van der Waals surface area contributed by atoms with E-state index in [9.17, 15) is 0 Å². The molecule has 0 aromatic carbocycles. The summed E-state index contributed by atoms with van der Waals surface area (Å²) in [5, 5.41) is 0. The highest BCUT2D eigenvalue weighted by atomic mass is 79.9. The Morgan fingerprint density at radius 2 is 1.80 bits per heavy atom. The summed E-state index contributed by atoms with van der Waals surface area (Å²) in [5.74, 6) is 0.951. The van der Waals surface area contributed by atoms with Crippen LogP contribution in [0.3, 0.4) is 0 Å². The predicted molar refractivity (Wildman–Crippen MR) is 41.1 cm³/mol. The van der Waals surface area contributed by atoms with Crippen LogP contribution in [0.4, 0.5) is 0 Å². The van der Waals surface area contributed by atoms with Gasteiger partial charge in [-0.2, -0.15) is 0 Å². The lowest BCUT2D eigenvalue weighted by molar-refractivity contribution is -0.370. The van der Waals surface area contributed by atoms with Crippen molar-refractivity contribution in [2.24, 2.45) is 5.92 Å². The molecule has 0 aliphatic carbocycles. The Kier molecular flexibility index (Phi) is 12.3. The molecule has 0 amide bonds. The van der Waals surface area contributed by atoms with E-state index in [-0.39, 0.29) is 17.0 Å². The van der Waals surface area contributed by atoms with E-state index in [1.165, 1.54) is 25.7 Å². The zero-order valence-electron chi connectivity index (χ0n) is 7.20. The van der Waals surface area contributed by atoms with Gasteiger partial charge in [0.05, 0.1) is 6.54 Å². The van der Waals surface area contributed by atoms with Gasteiger partial charge in [-0.3, -0.25) is 0 Å². The third-order valence-corrected chi connectivity index (χ3v) is 1.89. The summed E-state index contributed by atoms with van der Waals surface area (Å²) in [6.07, 6.45) is 5.39. The minimum Gasteiger partial charge on any atom is -1.00 e. The van der Waals surface area contributed by atoms with Gasteiger partial charge in [-0.05, 0) is 12.3 Å². The van der Waals surface area contributed by atoms with Gasteiger partial charge in [-0.1, -0.05) is 33.1 Å². The summed E-state index contributed by atoms with van der Waals surface area (Å²) in [6.45, 7) is 5.64. The minimum absolute atomic E-state index is 0. The molecule has 0 aliphatic rings. The van der Waals surface area contributed by atoms with Crippen molar-refractivity contribution in [3.05, 3.63) is 0 Å². The van der Waals surface area contributed by atoms with Crippen LogP contribution < -0.4 is 22.7 Å². The molecule has 0 bridgehead atoms. The number of hydrogen-bond donors (Lipinski definition) is 1. The second kappa shape index (κ2) is 9.44. The average Bonchev–Trinajstić information content (AvgIpc) is 1.88. The van der Waals surface area contributed by atoms with E-state index in [1.807, 2.05) is 0 Å². The lowest BCUT2D eigenvalue weighted by Gasteiger charge is -2.09. The standard InChI is InChI=1S/C8H19N.BrH/c1-3-5-8(4-2)6-7-9;/h8H,3-7,9H2,1-2H3;1H. The number of halogens is 1. The van der Waals surface area contributed by atoms with Crippen LogP contribution in [0, 0.1) is 5.92 Å². The number of rotatable bonds is 5. The van der Waals surface area contributed by atoms with Crippen molar-refractivity contribution in [3.63, 3.8) is 0 Å². The topological polar surface area (TPSA) is 27.6 Å². The van der Waals surface area contributed by atoms with Crippen LogP contribution in [0.2, 0.25) is 0 Å². The quantitative estimate of drug-likeness (QED) is 0.569. The molecule has 0 saturated heterocycles. The van der Waals surface area contributed by atoms with Gasteiger partial charge in [0.1, 0.15) is 0 Å². The van der Waals surface area contributed by atoms with Crippen LogP contribution in [0.15, 0.2) is 0 Å². The molecule has 0 aromatic heterocycles. The van der Waals surface area contributed by atoms with Gasteiger partial charge in [0.25, 0.3) is 0 Å². The summed E-state index contributed by atoms with van der Waals surface area (Å²) in [4.78, 5) is 0. The van der Waals surface area contributed by atoms with E-state index in [2.05, 4.69) is 19.6 Å². The fourth-order valence-corrected chi connectivity index (χ4v) is 1.25. The summed E-state index contributed by atoms with van der Waals surface area (Å²) >= 11 is 0. The highest BCUT2D eigenvalue weighted by molar-refractivity contribution is 4.54. The Bertz CT molecular complexity index is 51.2. The predicted octanol–water partition coefficient (Wildman–Crippen LogP) is -1.55. The highest BCUT2D eigenvalue weighted by Crippen LogP contribution is 2.12. The van der Waals surface area contributed by atoms with Crippen molar-refractivity contribution in [1.29, 1.82) is 0 Å². The van der Waals surface area contributed by atoms with E-state index in [0.717, 1.165) is 12.5 Å². The molecular formula is C8H20BrN. The molecular weight excluding hydrogens is 190 g/mol. The Labute approximate surface area is 75.1 Å². The maximum absolute atomic E-state index is 3.86. The maximum atomic E-state index is 3.86. The van der Waals surface area contributed by atoms with Crippen molar-refractivity contribution >= 4 is 0 Å². The monoisotopic (exact) mass is 209 g/mol. The fraction of sp³-hybridized carbons (Fsp3) is 1.00. The van der Waals surface area contributed by atoms with Crippen LogP contribution in [-0.4, -0.2) is 6.54 Å². The van der Waals surface area contributed by atoms with Crippen molar-refractivity contribution in [2.45, 2.75) is 39.5 Å². The van der Waals surface area contributed by atoms with Gasteiger partial charge in [0, 0.05) is 0 Å². The first kappa shape index (κ1) is 13.1. The third-order valence-electron chi connectivity index (χ3n) is 1.89. The highest BCUT2D eigenvalue weighted by Gasteiger charge is 2.02. The zero-order valence-corrected chi connectivity index (χ0v) is 8.78. The fourth-order valence-electron chi connectivity index (χ4n) is 1.25. The van der Waals surface area contributed by atoms with Gasteiger partial charge in [-0.15, -0.1) is 0 Å². The van der Waals surface area contributed by atoms with Crippen LogP contribution in [0.25, 0.3) is 0 Å². The van der Waals surface area contributed by atoms with Crippen LogP contribution >= 0.6 is 0 Å². The summed E-state index contributed by atoms with van der Waals surface area (Å²) in [5.41, 5.74) is 3.86. The Morgan fingerprint density at radius 3 is 2.10 bits per heavy atom. The van der Waals surface area contributed by atoms with Crippen molar-refractivity contribution < 1.29 is 22.7 Å². The van der Waals surface area contributed by atoms with Gasteiger partial charge in [0.2, 0.25) is 0 Å². The van der Waals surface area contributed by atoms with Gasteiger partial charge in [-0.25, -0.2) is 0 Å². The number of hydrogen-bond acceptors (Lipinski definition) is 0. The SMILES string of the molecule is CCCC(CC)CC[NH3+].[Br-]. The van der Waals surface area contributed by atoms with Crippen LogP contribution in [-0.2, 0) is 0 Å². The van der Waals surface area contributed by atoms with E-state index >= 15 is 0 Å². The molecule has 0 heterocycles. The smallest absolute Gasteiger partial charge is 0.0742 e. The normalized spacial score (nSPS) is 12.3. The Morgan fingerprint density at radius 1 is 1.20 bits per heavy atom. The molecule has 1 atom stereocenters. The Balaban J connectivity index is 0. The molecule has 0 radical (unpaired) electrons. The van der Waals surface area contributed by atoms with E-state index in [4.69, 9.17) is 0 Å². The maximum Gasteiger partial charge on any atom is 0.0742 e. The van der Waals surface area contributed by atoms with E-state index in [0.29, 0.717) is 0 Å². The molecule has 0 aromatic rings. The lowest BCUT2D eigenvalue weighted by Crippen LogP contribution is -3.00. The lowest BCUT2D eigenvalue weighted by atomic mass is 9.97.